The monoisotopic (exact) mass is 429 g/mol. The summed E-state index contributed by atoms with van der Waals surface area (Å²) in [5.41, 5.74) is 3.08. The number of rotatable bonds is 7. The highest BCUT2D eigenvalue weighted by molar-refractivity contribution is 5.98. The van der Waals surface area contributed by atoms with E-state index < -0.39 is 0 Å². The first-order valence-electron chi connectivity index (χ1n) is 10.0. The summed E-state index contributed by atoms with van der Waals surface area (Å²) in [5.74, 6) is 1.76. The molecule has 8 heteroatoms. The van der Waals surface area contributed by atoms with Crippen molar-refractivity contribution in [1.29, 1.82) is 0 Å². The summed E-state index contributed by atoms with van der Waals surface area (Å²) in [6.45, 7) is 2.30. The van der Waals surface area contributed by atoms with Crippen LogP contribution in [0.4, 0.5) is 5.95 Å². The highest BCUT2D eigenvalue weighted by atomic mass is 16.5. The minimum atomic E-state index is -0.263. The minimum Gasteiger partial charge on any atom is -0.493 e. The second-order valence-electron chi connectivity index (χ2n) is 7.08. The molecule has 0 aliphatic heterocycles. The van der Waals surface area contributed by atoms with E-state index in [0.717, 1.165) is 16.7 Å². The fraction of sp³-hybridized carbons (Fsp3) is 0.167. The highest BCUT2D eigenvalue weighted by Gasteiger charge is 2.20. The lowest BCUT2D eigenvalue weighted by atomic mass is 10.1. The topological polar surface area (TPSA) is 91.2 Å². The Balaban J connectivity index is 1.68. The Bertz CT molecular complexity index is 1240. The lowest BCUT2D eigenvalue weighted by Gasteiger charge is -2.11. The lowest BCUT2D eigenvalue weighted by Crippen LogP contribution is -2.18. The Morgan fingerprint density at radius 1 is 1.03 bits per heavy atom. The first-order chi connectivity index (χ1) is 15.6. The number of hydrogen-bond donors (Lipinski definition) is 1. The van der Waals surface area contributed by atoms with E-state index >= 15 is 0 Å². The molecule has 0 saturated heterocycles. The number of aryl methyl sites for hydroxylation is 1. The molecular formula is C24H23N5O3. The summed E-state index contributed by atoms with van der Waals surface area (Å²) in [7, 11) is 3.18. The highest BCUT2D eigenvalue weighted by Crippen LogP contribution is 2.28. The number of benzene rings is 2. The molecule has 0 spiro atoms. The van der Waals surface area contributed by atoms with E-state index in [4.69, 9.17) is 9.47 Å². The van der Waals surface area contributed by atoms with Crippen molar-refractivity contribution in [3.63, 3.8) is 0 Å². The molecule has 0 unspecified atom stereocenters. The number of pyridine rings is 1. The Hall–Kier alpha value is -4.20. The van der Waals surface area contributed by atoms with Crippen molar-refractivity contribution in [3.05, 3.63) is 83.7 Å². The first-order valence-corrected chi connectivity index (χ1v) is 10.0. The van der Waals surface area contributed by atoms with Gasteiger partial charge >= 0.3 is 0 Å². The van der Waals surface area contributed by atoms with Crippen LogP contribution in [0.25, 0.3) is 11.4 Å². The number of ether oxygens (including phenoxy) is 2. The van der Waals surface area contributed by atoms with Crippen LogP contribution < -0.4 is 14.8 Å². The van der Waals surface area contributed by atoms with Gasteiger partial charge in [-0.05, 0) is 48.4 Å². The van der Waals surface area contributed by atoms with Crippen LogP contribution in [0.5, 0.6) is 11.5 Å². The van der Waals surface area contributed by atoms with Crippen LogP contribution in [0.15, 0.2) is 67.0 Å². The third-order valence-corrected chi connectivity index (χ3v) is 4.99. The van der Waals surface area contributed by atoms with Crippen molar-refractivity contribution in [2.24, 2.45) is 0 Å². The van der Waals surface area contributed by atoms with Crippen LogP contribution in [0.1, 0.15) is 21.5 Å². The molecule has 0 saturated carbocycles. The summed E-state index contributed by atoms with van der Waals surface area (Å²) in [5, 5.41) is 7.71. The van der Waals surface area contributed by atoms with E-state index in [0.29, 0.717) is 35.4 Å². The molecule has 0 radical (unpaired) electrons. The number of nitrogens with zero attached hydrogens (tertiary/aromatic N) is 4. The van der Waals surface area contributed by atoms with Gasteiger partial charge in [0.05, 0.1) is 14.2 Å². The van der Waals surface area contributed by atoms with Crippen LogP contribution >= 0.6 is 0 Å². The van der Waals surface area contributed by atoms with E-state index in [2.05, 4.69) is 20.4 Å². The third-order valence-electron chi connectivity index (χ3n) is 4.99. The number of nitrogens with one attached hydrogen (secondary N) is 1. The Morgan fingerprint density at radius 3 is 2.56 bits per heavy atom. The van der Waals surface area contributed by atoms with Gasteiger partial charge < -0.3 is 14.8 Å². The maximum atomic E-state index is 13.3. The van der Waals surface area contributed by atoms with E-state index in [-0.39, 0.29) is 5.91 Å². The number of anilines is 1. The largest absolute Gasteiger partial charge is 0.493 e. The van der Waals surface area contributed by atoms with Crippen LogP contribution in [0, 0.1) is 6.92 Å². The van der Waals surface area contributed by atoms with E-state index in [1.54, 1.807) is 38.7 Å². The molecule has 2 aromatic heterocycles. The van der Waals surface area contributed by atoms with Crippen molar-refractivity contribution < 1.29 is 14.3 Å². The predicted octanol–water partition coefficient (Wildman–Crippen LogP) is 3.97. The van der Waals surface area contributed by atoms with Crippen molar-refractivity contribution >= 4 is 11.9 Å². The van der Waals surface area contributed by atoms with Gasteiger partial charge in [-0.25, -0.2) is 0 Å². The minimum absolute atomic E-state index is 0.263. The Morgan fingerprint density at radius 2 is 1.84 bits per heavy atom. The fourth-order valence-corrected chi connectivity index (χ4v) is 3.28. The molecule has 0 aliphatic rings. The van der Waals surface area contributed by atoms with Crippen molar-refractivity contribution in [3.8, 4) is 22.9 Å². The molecule has 1 N–H and O–H groups in total. The molecule has 0 fully saturated rings. The predicted molar refractivity (Wildman–Crippen MR) is 121 cm³/mol. The summed E-state index contributed by atoms with van der Waals surface area (Å²) in [4.78, 5) is 22.0. The second kappa shape index (κ2) is 9.30. The molecule has 4 aromatic rings. The van der Waals surface area contributed by atoms with Gasteiger partial charge in [0.1, 0.15) is 0 Å². The number of methoxy groups -OCH3 is 2. The molecule has 4 rings (SSSR count). The first kappa shape index (κ1) is 21.0. The van der Waals surface area contributed by atoms with Gasteiger partial charge in [-0.1, -0.05) is 24.3 Å². The van der Waals surface area contributed by atoms with Crippen LogP contribution in [-0.2, 0) is 6.54 Å². The zero-order valence-corrected chi connectivity index (χ0v) is 18.1. The van der Waals surface area contributed by atoms with Gasteiger partial charge in [0.25, 0.3) is 5.91 Å². The Kier molecular flexibility index (Phi) is 6.12. The van der Waals surface area contributed by atoms with Gasteiger partial charge in [-0.3, -0.25) is 9.78 Å². The zero-order chi connectivity index (χ0) is 22.5. The molecular weight excluding hydrogens is 406 g/mol. The quantitative estimate of drug-likeness (QED) is 0.475. The van der Waals surface area contributed by atoms with Crippen molar-refractivity contribution in [2.45, 2.75) is 13.5 Å². The van der Waals surface area contributed by atoms with E-state index in [9.17, 15) is 4.79 Å². The molecule has 2 aromatic carbocycles. The normalized spacial score (nSPS) is 10.6. The standard InChI is InChI=1S/C24H23N5O3/c1-16-7-4-5-9-19(16)23(30)29-24(27-22(28-29)18-8-6-12-25-15-18)26-14-17-10-11-20(31-2)21(13-17)32-3/h4-13,15H,14H2,1-3H3,(H,26,27,28). The Labute approximate surface area is 185 Å². The molecule has 162 valence electrons. The van der Waals surface area contributed by atoms with Gasteiger partial charge in [-0.15, -0.1) is 5.10 Å². The number of hydrogen-bond acceptors (Lipinski definition) is 7. The lowest BCUT2D eigenvalue weighted by molar-refractivity contribution is 0.0947. The average Bonchev–Trinajstić information content (AvgIpc) is 3.27. The molecule has 0 aliphatic carbocycles. The van der Waals surface area contributed by atoms with Gasteiger partial charge in [-0.2, -0.15) is 9.67 Å². The smallest absolute Gasteiger partial charge is 0.281 e. The van der Waals surface area contributed by atoms with Crippen LogP contribution in [-0.4, -0.2) is 39.9 Å². The molecule has 0 amide bonds. The fourth-order valence-electron chi connectivity index (χ4n) is 3.28. The number of carbonyl (C=O) groups is 1. The maximum Gasteiger partial charge on any atom is 0.281 e. The van der Waals surface area contributed by atoms with Gasteiger partial charge in [0.15, 0.2) is 17.3 Å². The summed E-state index contributed by atoms with van der Waals surface area (Å²) in [6.07, 6.45) is 3.34. The summed E-state index contributed by atoms with van der Waals surface area (Å²) >= 11 is 0. The molecule has 8 nitrogen and oxygen atoms in total. The second-order valence-corrected chi connectivity index (χ2v) is 7.08. The van der Waals surface area contributed by atoms with Crippen LogP contribution in [0.2, 0.25) is 0 Å². The zero-order valence-electron chi connectivity index (χ0n) is 18.1. The third kappa shape index (κ3) is 4.29. The maximum absolute atomic E-state index is 13.3. The SMILES string of the molecule is COc1ccc(CNc2nc(-c3cccnc3)nn2C(=O)c2ccccc2C)cc1OC. The van der Waals surface area contributed by atoms with Gasteiger partial charge in [0, 0.05) is 30.1 Å². The van der Waals surface area contributed by atoms with Gasteiger partial charge in [0.2, 0.25) is 5.95 Å². The van der Waals surface area contributed by atoms with E-state index in [1.807, 2.05) is 49.4 Å². The number of aromatic nitrogens is 4. The molecule has 2 heterocycles. The van der Waals surface area contributed by atoms with E-state index in [1.165, 1.54) is 4.68 Å². The number of carbonyl (C=O) groups excluding carboxylic acids is 1. The molecule has 0 bridgehead atoms. The molecule has 32 heavy (non-hydrogen) atoms. The van der Waals surface area contributed by atoms with Crippen molar-refractivity contribution in [1.82, 2.24) is 19.7 Å². The molecule has 0 atom stereocenters. The van der Waals surface area contributed by atoms with Crippen LogP contribution in [0.3, 0.4) is 0 Å². The summed E-state index contributed by atoms with van der Waals surface area (Å²) < 4.78 is 12.0. The summed E-state index contributed by atoms with van der Waals surface area (Å²) in [6, 6.07) is 16.7. The average molecular weight is 429 g/mol. The van der Waals surface area contributed by atoms with Crippen molar-refractivity contribution in [2.75, 3.05) is 19.5 Å².